The summed E-state index contributed by atoms with van der Waals surface area (Å²) in [6, 6.07) is 7.86. The van der Waals surface area contributed by atoms with Crippen LogP contribution in [0.25, 0.3) is 0 Å². The zero-order chi connectivity index (χ0) is 20.0. The molecule has 1 aromatic rings. The fourth-order valence-electron chi connectivity index (χ4n) is 3.12. The van der Waals surface area contributed by atoms with Gasteiger partial charge in [-0.15, -0.1) is 0 Å². The molecule has 0 radical (unpaired) electrons. The molecule has 0 saturated carbocycles. The molecule has 1 unspecified atom stereocenters. The minimum atomic E-state index is -4.45. The van der Waals surface area contributed by atoms with E-state index in [1.165, 1.54) is 5.56 Å². The molecule has 27 heavy (non-hydrogen) atoms. The van der Waals surface area contributed by atoms with Gasteiger partial charge in [-0.25, -0.2) is 0 Å². The second-order valence-corrected chi connectivity index (χ2v) is 6.79. The molecule has 1 aliphatic heterocycles. The number of nitrogens with one attached hydrogen (secondary N) is 1. The Labute approximate surface area is 157 Å². The van der Waals surface area contributed by atoms with Crippen LogP contribution in [0.4, 0.5) is 13.2 Å². The van der Waals surface area contributed by atoms with Crippen molar-refractivity contribution >= 4 is 11.8 Å². The van der Waals surface area contributed by atoms with Crippen LogP contribution in [0, 0.1) is 5.92 Å². The zero-order valence-corrected chi connectivity index (χ0v) is 15.7. The lowest BCUT2D eigenvalue weighted by molar-refractivity contribution is -0.157. The minimum absolute atomic E-state index is 0.176. The maximum Gasteiger partial charge on any atom is 0.406 e. The van der Waals surface area contributed by atoms with E-state index in [-0.39, 0.29) is 25.4 Å². The molecular weight excluding hydrogens is 359 g/mol. The van der Waals surface area contributed by atoms with Gasteiger partial charge < -0.3 is 10.2 Å². The van der Waals surface area contributed by atoms with E-state index in [1.807, 2.05) is 24.3 Å². The fraction of sp³-hybridized carbons (Fsp3) is 0.579. The number of rotatable bonds is 8. The Morgan fingerprint density at radius 1 is 1.19 bits per heavy atom. The Hall–Kier alpha value is -2.09. The number of benzene rings is 1. The van der Waals surface area contributed by atoms with Gasteiger partial charge in [0.1, 0.15) is 6.54 Å². The molecule has 1 fully saturated rings. The van der Waals surface area contributed by atoms with E-state index in [0.717, 1.165) is 25.2 Å². The van der Waals surface area contributed by atoms with Gasteiger partial charge in [-0.3, -0.25) is 14.5 Å². The summed E-state index contributed by atoms with van der Waals surface area (Å²) in [6.07, 6.45) is -4.63. The van der Waals surface area contributed by atoms with E-state index in [2.05, 4.69) is 24.1 Å². The monoisotopic (exact) mass is 385 g/mol. The summed E-state index contributed by atoms with van der Waals surface area (Å²) in [5.74, 6) is -1.75. The van der Waals surface area contributed by atoms with E-state index in [0.29, 0.717) is 4.90 Å². The van der Waals surface area contributed by atoms with Gasteiger partial charge in [0, 0.05) is 26.1 Å². The summed E-state index contributed by atoms with van der Waals surface area (Å²) in [6.45, 7) is 5.82. The highest BCUT2D eigenvalue weighted by Gasteiger charge is 2.40. The van der Waals surface area contributed by atoms with Crippen LogP contribution in [0.1, 0.15) is 31.4 Å². The number of carbonyl (C=O) groups is 2. The van der Waals surface area contributed by atoms with Crippen molar-refractivity contribution in [2.24, 2.45) is 5.92 Å². The van der Waals surface area contributed by atoms with Crippen LogP contribution in [0.3, 0.4) is 0 Å². The highest BCUT2D eigenvalue weighted by Crippen LogP contribution is 2.24. The smallest absolute Gasteiger partial charge is 0.352 e. The first-order valence-electron chi connectivity index (χ1n) is 9.14. The average molecular weight is 385 g/mol. The van der Waals surface area contributed by atoms with Crippen LogP contribution < -0.4 is 5.32 Å². The highest BCUT2D eigenvalue weighted by molar-refractivity contribution is 5.89. The quantitative estimate of drug-likeness (QED) is 0.748. The maximum atomic E-state index is 12.4. The predicted octanol–water partition coefficient (Wildman–Crippen LogP) is 2.56. The second-order valence-electron chi connectivity index (χ2n) is 6.79. The fourth-order valence-corrected chi connectivity index (χ4v) is 3.12. The van der Waals surface area contributed by atoms with Crippen LogP contribution in [0.2, 0.25) is 0 Å². The summed E-state index contributed by atoms with van der Waals surface area (Å²) >= 11 is 0. The van der Waals surface area contributed by atoms with Gasteiger partial charge in [-0.2, -0.15) is 13.2 Å². The van der Waals surface area contributed by atoms with Crippen molar-refractivity contribution in [1.29, 1.82) is 0 Å². The lowest BCUT2D eigenvalue weighted by Crippen LogP contribution is -2.37. The lowest BCUT2D eigenvalue weighted by atomic mass is 10.1. The second kappa shape index (κ2) is 9.21. The summed E-state index contributed by atoms with van der Waals surface area (Å²) in [4.78, 5) is 26.8. The van der Waals surface area contributed by atoms with Gasteiger partial charge >= 0.3 is 6.18 Å². The third kappa shape index (κ3) is 6.53. The molecule has 1 aromatic carbocycles. The molecule has 0 spiro atoms. The molecule has 1 N–H and O–H groups in total. The number of likely N-dealkylation sites (tertiary alicyclic amines) is 1. The first-order valence-corrected chi connectivity index (χ1v) is 9.14. The molecular formula is C19H26F3N3O2. The number of amides is 2. The molecule has 1 aliphatic rings. The number of nitrogens with zero attached hydrogens (tertiary/aromatic N) is 2. The van der Waals surface area contributed by atoms with Gasteiger partial charge in [-0.05, 0) is 24.2 Å². The van der Waals surface area contributed by atoms with E-state index in [9.17, 15) is 22.8 Å². The van der Waals surface area contributed by atoms with Crippen LogP contribution in [-0.2, 0) is 22.7 Å². The number of hydrogen-bond donors (Lipinski definition) is 1. The highest BCUT2D eigenvalue weighted by atomic mass is 19.4. The normalized spacial score (nSPS) is 17.6. The summed E-state index contributed by atoms with van der Waals surface area (Å²) in [5.41, 5.74) is 2.08. The molecule has 1 saturated heterocycles. The van der Waals surface area contributed by atoms with Crippen LogP contribution in [-0.4, -0.2) is 54.0 Å². The van der Waals surface area contributed by atoms with E-state index >= 15 is 0 Å². The lowest BCUT2D eigenvalue weighted by Gasteiger charge is -2.18. The first-order chi connectivity index (χ1) is 12.7. The standard InChI is InChI=1S/C19H26F3N3O2/c1-3-24(4-2)11-15-7-5-14(6-8-15)10-23-18(27)16-9-17(26)25(12-16)13-19(20,21)22/h5-8,16H,3-4,9-13H2,1-2H3,(H,23,27). The molecule has 2 rings (SSSR count). The van der Waals surface area contributed by atoms with Crippen molar-refractivity contribution in [3.63, 3.8) is 0 Å². The Morgan fingerprint density at radius 2 is 1.78 bits per heavy atom. The van der Waals surface area contributed by atoms with Crippen molar-refractivity contribution in [3.8, 4) is 0 Å². The molecule has 150 valence electrons. The Bertz CT molecular complexity index is 643. The van der Waals surface area contributed by atoms with Gasteiger partial charge in [-0.1, -0.05) is 38.1 Å². The molecule has 0 aliphatic carbocycles. The predicted molar refractivity (Wildman–Crippen MR) is 95.7 cm³/mol. The van der Waals surface area contributed by atoms with Gasteiger partial charge in [0.25, 0.3) is 0 Å². The van der Waals surface area contributed by atoms with E-state index < -0.39 is 24.5 Å². The van der Waals surface area contributed by atoms with Crippen LogP contribution >= 0.6 is 0 Å². The maximum absolute atomic E-state index is 12.4. The Morgan fingerprint density at radius 3 is 2.33 bits per heavy atom. The van der Waals surface area contributed by atoms with Gasteiger partial charge in [0.2, 0.25) is 11.8 Å². The molecule has 1 atom stereocenters. The van der Waals surface area contributed by atoms with E-state index in [4.69, 9.17) is 0 Å². The number of alkyl halides is 3. The number of halogens is 3. The average Bonchev–Trinajstić information content (AvgIpc) is 2.97. The van der Waals surface area contributed by atoms with Crippen LogP contribution in [0.5, 0.6) is 0 Å². The van der Waals surface area contributed by atoms with Crippen molar-refractivity contribution < 1.29 is 22.8 Å². The van der Waals surface area contributed by atoms with Crippen molar-refractivity contribution in [1.82, 2.24) is 15.1 Å². The topological polar surface area (TPSA) is 52.7 Å². The number of hydrogen-bond acceptors (Lipinski definition) is 3. The minimum Gasteiger partial charge on any atom is -0.352 e. The van der Waals surface area contributed by atoms with E-state index in [1.54, 1.807) is 0 Å². The van der Waals surface area contributed by atoms with Crippen molar-refractivity contribution in [2.45, 2.75) is 39.5 Å². The molecule has 2 amide bonds. The summed E-state index contributed by atoms with van der Waals surface area (Å²) in [7, 11) is 0. The SMILES string of the molecule is CCN(CC)Cc1ccc(CNC(=O)C2CC(=O)N(CC(F)(F)F)C2)cc1. The molecule has 0 bridgehead atoms. The van der Waals surface area contributed by atoms with Gasteiger partial charge in [0.15, 0.2) is 0 Å². The van der Waals surface area contributed by atoms with Crippen molar-refractivity contribution in [2.75, 3.05) is 26.2 Å². The van der Waals surface area contributed by atoms with Crippen LogP contribution in [0.15, 0.2) is 24.3 Å². The molecule has 1 heterocycles. The summed E-state index contributed by atoms with van der Waals surface area (Å²) in [5, 5.41) is 2.72. The molecule has 8 heteroatoms. The summed E-state index contributed by atoms with van der Waals surface area (Å²) < 4.78 is 37.3. The van der Waals surface area contributed by atoms with Crippen molar-refractivity contribution in [3.05, 3.63) is 35.4 Å². The third-order valence-electron chi connectivity index (χ3n) is 4.75. The Balaban J connectivity index is 1.82. The number of carbonyl (C=O) groups excluding carboxylic acids is 2. The largest absolute Gasteiger partial charge is 0.406 e. The Kier molecular flexibility index (Phi) is 7.24. The molecule has 0 aromatic heterocycles. The third-order valence-corrected chi connectivity index (χ3v) is 4.75. The van der Waals surface area contributed by atoms with Gasteiger partial charge in [0.05, 0.1) is 5.92 Å². The molecule has 5 nitrogen and oxygen atoms in total. The zero-order valence-electron chi connectivity index (χ0n) is 15.7. The first kappa shape index (κ1) is 21.2.